The van der Waals surface area contributed by atoms with Crippen LogP contribution in [0.4, 0.5) is 5.69 Å². The normalized spacial score (nSPS) is 11.8. The van der Waals surface area contributed by atoms with E-state index in [1.165, 1.54) is 18.6 Å². The van der Waals surface area contributed by atoms with Crippen LogP contribution in [0.5, 0.6) is 5.75 Å². The second kappa shape index (κ2) is 9.82. The van der Waals surface area contributed by atoms with Crippen molar-refractivity contribution in [2.45, 2.75) is 32.8 Å². The summed E-state index contributed by atoms with van der Waals surface area (Å²) in [6.45, 7) is 3.28. The maximum absolute atomic E-state index is 12.5. The smallest absolute Gasteiger partial charge is 0.307 e. The Labute approximate surface area is 190 Å². The van der Waals surface area contributed by atoms with Gasteiger partial charge in [-0.05, 0) is 37.6 Å². The summed E-state index contributed by atoms with van der Waals surface area (Å²) in [7, 11) is 3.08. The molecule has 0 aliphatic rings. The summed E-state index contributed by atoms with van der Waals surface area (Å²) < 4.78 is 11.9. The highest BCUT2D eigenvalue weighted by molar-refractivity contribution is 6.31. The van der Waals surface area contributed by atoms with E-state index in [2.05, 4.69) is 10.3 Å². The van der Waals surface area contributed by atoms with Crippen LogP contribution in [-0.4, -0.2) is 34.6 Å². The molecule has 8 nitrogen and oxygen atoms in total. The maximum Gasteiger partial charge on any atom is 0.307 e. The molecule has 0 aliphatic heterocycles. The van der Waals surface area contributed by atoms with Crippen molar-refractivity contribution < 1.29 is 19.1 Å². The second-order valence-corrected chi connectivity index (χ2v) is 7.74. The third-order valence-electron chi connectivity index (χ3n) is 5.04. The van der Waals surface area contributed by atoms with Gasteiger partial charge in [0, 0.05) is 24.6 Å². The fourth-order valence-electron chi connectivity index (χ4n) is 3.18. The number of carbonyl (C=O) groups excluding carboxylic acids is 2. The number of benzene rings is 2. The van der Waals surface area contributed by atoms with E-state index in [9.17, 15) is 14.4 Å². The molecule has 1 unspecified atom stereocenters. The number of ether oxygens (including phenoxy) is 2. The number of aryl methyl sites for hydroxylation is 2. The van der Waals surface area contributed by atoms with Crippen molar-refractivity contribution >= 4 is 40.1 Å². The van der Waals surface area contributed by atoms with Crippen molar-refractivity contribution in [3.05, 3.63) is 63.2 Å². The van der Waals surface area contributed by atoms with Crippen LogP contribution in [-0.2, 0) is 27.8 Å². The maximum atomic E-state index is 12.5. The molecule has 2 aromatic carbocycles. The lowest BCUT2D eigenvalue weighted by molar-refractivity contribution is -0.153. The molecule has 32 heavy (non-hydrogen) atoms. The molecule has 0 saturated heterocycles. The highest BCUT2D eigenvalue weighted by atomic mass is 35.5. The third-order valence-corrected chi connectivity index (χ3v) is 5.45. The van der Waals surface area contributed by atoms with Crippen molar-refractivity contribution in [2.24, 2.45) is 7.05 Å². The molecule has 0 bridgehead atoms. The van der Waals surface area contributed by atoms with Crippen LogP contribution in [0.2, 0.25) is 5.02 Å². The predicted molar refractivity (Wildman–Crippen MR) is 122 cm³/mol. The molecule has 0 spiro atoms. The van der Waals surface area contributed by atoms with Gasteiger partial charge in [0.25, 0.3) is 11.5 Å². The molecule has 1 N–H and O–H groups in total. The lowest BCUT2D eigenvalue weighted by Crippen LogP contribution is -2.30. The Morgan fingerprint density at radius 2 is 1.97 bits per heavy atom. The number of methoxy groups -OCH3 is 1. The van der Waals surface area contributed by atoms with E-state index in [1.807, 2.05) is 0 Å². The number of aromatic nitrogens is 2. The second-order valence-electron chi connectivity index (χ2n) is 7.33. The Morgan fingerprint density at radius 3 is 2.69 bits per heavy atom. The minimum Gasteiger partial charge on any atom is -0.495 e. The number of halogens is 1. The topological polar surface area (TPSA) is 99.5 Å². The van der Waals surface area contributed by atoms with Gasteiger partial charge in [0.15, 0.2) is 6.10 Å². The first-order valence-corrected chi connectivity index (χ1v) is 10.4. The molecule has 1 amide bonds. The molecular formula is C23H24ClN3O5. The first kappa shape index (κ1) is 23.3. The molecule has 0 aliphatic carbocycles. The quantitative estimate of drug-likeness (QED) is 0.546. The van der Waals surface area contributed by atoms with E-state index in [4.69, 9.17) is 21.1 Å². The van der Waals surface area contributed by atoms with Crippen LogP contribution in [0.15, 0.2) is 41.2 Å². The number of esters is 1. The molecule has 3 aromatic rings. The molecule has 168 valence electrons. The van der Waals surface area contributed by atoms with Gasteiger partial charge in [0.05, 0.1) is 30.1 Å². The highest BCUT2D eigenvalue weighted by Gasteiger charge is 2.20. The zero-order valence-corrected chi connectivity index (χ0v) is 19.0. The first-order valence-electron chi connectivity index (χ1n) is 10.0. The number of anilines is 1. The average molecular weight is 458 g/mol. The zero-order valence-electron chi connectivity index (χ0n) is 18.3. The Morgan fingerprint density at radius 1 is 1.25 bits per heavy atom. The summed E-state index contributed by atoms with van der Waals surface area (Å²) in [4.78, 5) is 41.7. The lowest BCUT2D eigenvalue weighted by Gasteiger charge is -2.16. The lowest BCUT2D eigenvalue weighted by atomic mass is 10.2. The summed E-state index contributed by atoms with van der Waals surface area (Å²) in [5.41, 5.74) is 1.58. The average Bonchev–Trinajstić information content (AvgIpc) is 2.77. The number of hydrogen-bond acceptors (Lipinski definition) is 6. The van der Waals surface area contributed by atoms with Crippen molar-refractivity contribution in [2.75, 3.05) is 12.4 Å². The molecule has 1 aromatic heterocycles. The minimum atomic E-state index is -1.03. The van der Waals surface area contributed by atoms with Crippen LogP contribution in [0, 0.1) is 6.92 Å². The van der Waals surface area contributed by atoms with Gasteiger partial charge in [-0.15, -0.1) is 0 Å². The third kappa shape index (κ3) is 5.08. The van der Waals surface area contributed by atoms with Crippen molar-refractivity contribution in [3.8, 4) is 5.75 Å². The molecule has 0 radical (unpaired) electrons. The van der Waals surface area contributed by atoms with E-state index < -0.39 is 18.0 Å². The van der Waals surface area contributed by atoms with Gasteiger partial charge in [0.1, 0.15) is 11.6 Å². The number of nitrogens with zero attached hydrogens (tertiary/aromatic N) is 2. The van der Waals surface area contributed by atoms with Gasteiger partial charge in [-0.2, -0.15) is 0 Å². The van der Waals surface area contributed by atoms with Crippen LogP contribution in [0.1, 0.15) is 24.7 Å². The zero-order chi connectivity index (χ0) is 23.4. The van der Waals surface area contributed by atoms with Crippen molar-refractivity contribution in [3.63, 3.8) is 0 Å². The summed E-state index contributed by atoms with van der Waals surface area (Å²) in [5, 5.41) is 3.71. The van der Waals surface area contributed by atoms with Gasteiger partial charge in [-0.3, -0.25) is 19.0 Å². The summed E-state index contributed by atoms with van der Waals surface area (Å²) in [6.07, 6.45) is -0.857. The Hall–Kier alpha value is -3.39. The number of rotatable bonds is 7. The van der Waals surface area contributed by atoms with Crippen LogP contribution < -0.4 is 15.6 Å². The van der Waals surface area contributed by atoms with Gasteiger partial charge in [0.2, 0.25) is 0 Å². The monoisotopic (exact) mass is 457 g/mol. The fourth-order valence-corrected chi connectivity index (χ4v) is 3.33. The van der Waals surface area contributed by atoms with Gasteiger partial charge >= 0.3 is 5.97 Å². The molecule has 1 atom stereocenters. The fraction of sp³-hybridized carbons (Fsp3) is 0.304. The molecule has 3 rings (SSSR count). The van der Waals surface area contributed by atoms with E-state index in [0.717, 1.165) is 5.56 Å². The van der Waals surface area contributed by atoms with Crippen LogP contribution in [0.3, 0.4) is 0 Å². The SMILES string of the molecule is COc1cc(Cl)c(C)cc1NC(=O)C(C)OC(=O)CCc1nc2ccccc2c(=O)n1C. The van der Waals surface area contributed by atoms with Crippen molar-refractivity contribution in [1.82, 2.24) is 9.55 Å². The number of hydrogen-bond donors (Lipinski definition) is 1. The molecule has 0 saturated carbocycles. The number of amides is 1. The Bertz CT molecular complexity index is 1240. The van der Waals surface area contributed by atoms with E-state index in [1.54, 1.807) is 50.4 Å². The molecule has 9 heteroatoms. The summed E-state index contributed by atoms with van der Waals surface area (Å²) >= 11 is 6.08. The van der Waals surface area contributed by atoms with Crippen LogP contribution in [0.25, 0.3) is 10.9 Å². The molecular weight excluding hydrogens is 434 g/mol. The first-order chi connectivity index (χ1) is 15.2. The number of fused-ring (bicyclic) bond motifs is 1. The van der Waals surface area contributed by atoms with Gasteiger partial charge < -0.3 is 14.8 Å². The van der Waals surface area contributed by atoms with E-state index in [-0.39, 0.29) is 18.4 Å². The molecule has 1 heterocycles. The standard InChI is InChI=1S/C23H24ClN3O5/c1-13-11-18(19(31-4)12-16(13)24)26-22(29)14(2)32-21(28)10-9-20-25-17-8-6-5-7-15(17)23(30)27(20)3/h5-8,11-12,14H,9-10H2,1-4H3,(H,26,29). The largest absolute Gasteiger partial charge is 0.495 e. The minimum absolute atomic E-state index is 0.0282. The van der Waals surface area contributed by atoms with E-state index >= 15 is 0 Å². The van der Waals surface area contributed by atoms with Gasteiger partial charge in [-0.1, -0.05) is 23.7 Å². The van der Waals surface area contributed by atoms with Crippen molar-refractivity contribution in [1.29, 1.82) is 0 Å². The van der Waals surface area contributed by atoms with E-state index in [0.29, 0.717) is 33.2 Å². The highest BCUT2D eigenvalue weighted by Crippen LogP contribution is 2.31. The number of carbonyl (C=O) groups is 2. The Kier molecular flexibility index (Phi) is 7.15. The number of nitrogens with one attached hydrogen (secondary N) is 1. The predicted octanol–water partition coefficient (Wildman–Crippen LogP) is 3.41. The summed E-state index contributed by atoms with van der Waals surface area (Å²) in [6, 6.07) is 10.3. The van der Waals surface area contributed by atoms with Crippen LogP contribution >= 0.6 is 11.6 Å². The summed E-state index contributed by atoms with van der Waals surface area (Å²) in [5.74, 6) is -0.219. The number of para-hydroxylation sites is 1. The molecule has 0 fully saturated rings. The Balaban J connectivity index is 1.62. The van der Waals surface area contributed by atoms with Gasteiger partial charge in [-0.25, -0.2) is 4.98 Å².